The van der Waals surface area contributed by atoms with Gasteiger partial charge in [-0.1, -0.05) is 219 Å². The van der Waals surface area contributed by atoms with Crippen LogP contribution in [-0.2, 0) is 4.79 Å². The smallest absolute Gasteiger partial charge is 0.220 e. The molecule has 0 radical (unpaired) electrons. The fourth-order valence-corrected chi connectivity index (χ4v) is 6.87. The first kappa shape index (κ1) is 46.4. The lowest BCUT2D eigenvalue weighted by molar-refractivity contribution is -0.124. The molecule has 0 saturated carbocycles. The molecule has 0 rings (SSSR count). The summed E-state index contributed by atoms with van der Waals surface area (Å²) in [6.07, 6.45) is 42.0. The first-order valence-corrected chi connectivity index (χ1v) is 21.3. The zero-order valence-electron chi connectivity index (χ0n) is 31.9. The first-order chi connectivity index (χ1) is 23.1. The number of hydrogen-bond donors (Lipinski definition) is 4. The van der Waals surface area contributed by atoms with Crippen LogP contribution in [0.15, 0.2) is 0 Å². The van der Waals surface area contributed by atoms with E-state index in [9.17, 15) is 20.1 Å². The molecule has 3 unspecified atom stereocenters. The first-order valence-electron chi connectivity index (χ1n) is 21.3. The van der Waals surface area contributed by atoms with Gasteiger partial charge in [0.15, 0.2) is 0 Å². The van der Waals surface area contributed by atoms with Crippen molar-refractivity contribution in [3.8, 4) is 0 Å². The van der Waals surface area contributed by atoms with Crippen LogP contribution in [0, 0.1) is 0 Å². The summed E-state index contributed by atoms with van der Waals surface area (Å²) in [6.45, 7) is 4.19. The van der Waals surface area contributed by atoms with Crippen molar-refractivity contribution in [1.82, 2.24) is 5.32 Å². The van der Waals surface area contributed by atoms with E-state index in [1.54, 1.807) is 0 Å². The van der Waals surface area contributed by atoms with E-state index >= 15 is 0 Å². The number of amides is 1. The Morgan fingerprint density at radius 3 is 1.02 bits per heavy atom. The van der Waals surface area contributed by atoms with Crippen LogP contribution in [0.4, 0.5) is 0 Å². The van der Waals surface area contributed by atoms with E-state index in [1.807, 2.05) is 0 Å². The molecule has 0 aliphatic rings. The highest BCUT2D eigenvalue weighted by Crippen LogP contribution is 2.17. The fraction of sp³-hybridized carbons (Fsp3) is 0.976. The summed E-state index contributed by atoms with van der Waals surface area (Å²) >= 11 is 0. The highest BCUT2D eigenvalue weighted by Gasteiger charge is 2.26. The van der Waals surface area contributed by atoms with Gasteiger partial charge in [0, 0.05) is 6.42 Å². The quantitative estimate of drug-likeness (QED) is 0.0491. The average Bonchev–Trinajstić information content (AvgIpc) is 3.07. The zero-order valence-corrected chi connectivity index (χ0v) is 31.9. The van der Waals surface area contributed by atoms with Crippen molar-refractivity contribution in [2.75, 3.05) is 6.61 Å². The molecule has 5 nitrogen and oxygen atoms in total. The molecule has 0 fully saturated rings. The Kier molecular flexibility index (Phi) is 37.6. The van der Waals surface area contributed by atoms with Gasteiger partial charge in [0.1, 0.15) is 6.10 Å². The molecular weight excluding hydrogens is 582 g/mol. The lowest BCUT2D eigenvalue weighted by Gasteiger charge is -2.26. The van der Waals surface area contributed by atoms with Crippen LogP contribution in [0.25, 0.3) is 0 Å². The minimum absolute atomic E-state index is 0.140. The van der Waals surface area contributed by atoms with E-state index < -0.39 is 18.2 Å². The van der Waals surface area contributed by atoms with Gasteiger partial charge in [-0.05, 0) is 12.8 Å². The van der Waals surface area contributed by atoms with Crippen molar-refractivity contribution in [1.29, 1.82) is 0 Å². The normalized spacial score (nSPS) is 13.6. The number of hydrogen-bond acceptors (Lipinski definition) is 4. The maximum absolute atomic E-state index is 12.4. The summed E-state index contributed by atoms with van der Waals surface area (Å²) in [6, 6.07) is -0.802. The molecule has 0 heterocycles. The summed E-state index contributed by atoms with van der Waals surface area (Å²) in [5, 5.41) is 33.5. The molecule has 0 aromatic heterocycles. The van der Waals surface area contributed by atoms with Crippen LogP contribution < -0.4 is 5.32 Å². The van der Waals surface area contributed by atoms with Crippen LogP contribution in [0.1, 0.15) is 239 Å². The Labute approximate surface area is 294 Å². The van der Waals surface area contributed by atoms with E-state index in [1.165, 1.54) is 180 Å². The van der Waals surface area contributed by atoms with Crippen LogP contribution >= 0.6 is 0 Å². The topological polar surface area (TPSA) is 89.8 Å². The van der Waals surface area contributed by atoms with E-state index in [0.717, 1.165) is 32.1 Å². The van der Waals surface area contributed by atoms with E-state index in [0.29, 0.717) is 12.8 Å². The van der Waals surface area contributed by atoms with Crippen molar-refractivity contribution in [2.24, 2.45) is 0 Å². The summed E-state index contributed by atoms with van der Waals surface area (Å²) in [4.78, 5) is 12.4. The molecule has 0 aromatic carbocycles. The van der Waals surface area contributed by atoms with Gasteiger partial charge in [-0.15, -0.1) is 0 Å². The van der Waals surface area contributed by atoms with Gasteiger partial charge in [-0.3, -0.25) is 4.79 Å². The number of aliphatic hydroxyl groups excluding tert-OH is 3. The molecule has 0 aromatic rings. The summed E-state index contributed by atoms with van der Waals surface area (Å²) in [7, 11) is 0. The zero-order chi connectivity index (χ0) is 34.5. The minimum Gasteiger partial charge on any atom is -0.394 e. The molecule has 1 amide bonds. The van der Waals surface area contributed by atoms with Crippen LogP contribution in [0.5, 0.6) is 0 Å². The van der Waals surface area contributed by atoms with E-state index in [4.69, 9.17) is 0 Å². The molecular formula is C42H85NO4. The Morgan fingerprint density at radius 1 is 0.447 bits per heavy atom. The Bertz CT molecular complexity index is 615. The molecule has 0 spiro atoms. The van der Waals surface area contributed by atoms with Gasteiger partial charge in [0.25, 0.3) is 0 Å². The second-order valence-corrected chi connectivity index (χ2v) is 14.9. The number of aliphatic hydroxyl groups is 3. The van der Waals surface area contributed by atoms with Crippen molar-refractivity contribution in [2.45, 2.75) is 257 Å². The molecule has 4 N–H and O–H groups in total. The Hall–Kier alpha value is -0.650. The lowest BCUT2D eigenvalue weighted by Crippen LogP contribution is -2.50. The van der Waals surface area contributed by atoms with Crippen LogP contribution in [0.3, 0.4) is 0 Å². The van der Waals surface area contributed by atoms with Gasteiger partial charge in [0.2, 0.25) is 5.91 Å². The number of carbonyl (C=O) groups excluding carboxylic acids is 1. The molecule has 47 heavy (non-hydrogen) atoms. The predicted molar refractivity (Wildman–Crippen MR) is 204 cm³/mol. The number of rotatable bonds is 39. The standard InChI is InChI=1S/C42H85NO4/c1-3-5-7-9-11-13-15-17-19-21-23-25-27-29-31-33-35-37-41(46)43-39(38-44)42(47)40(45)36-34-32-30-28-26-24-22-20-18-16-14-12-10-8-6-4-2/h39-40,42,44-45,47H,3-38H2,1-2H3,(H,43,46). The van der Waals surface area contributed by atoms with Gasteiger partial charge in [0.05, 0.1) is 18.8 Å². The van der Waals surface area contributed by atoms with Gasteiger partial charge >= 0.3 is 0 Å². The van der Waals surface area contributed by atoms with Crippen LogP contribution in [-0.4, -0.2) is 46.1 Å². The molecule has 3 atom stereocenters. The average molecular weight is 668 g/mol. The van der Waals surface area contributed by atoms with Crippen molar-refractivity contribution in [3.63, 3.8) is 0 Å². The molecule has 0 bridgehead atoms. The Balaban J connectivity index is 3.60. The third kappa shape index (κ3) is 33.6. The monoisotopic (exact) mass is 668 g/mol. The predicted octanol–water partition coefficient (Wildman–Crippen LogP) is 11.9. The largest absolute Gasteiger partial charge is 0.394 e. The van der Waals surface area contributed by atoms with E-state index in [-0.39, 0.29) is 12.5 Å². The third-order valence-electron chi connectivity index (χ3n) is 10.2. The summed E-state index contributed by atoms with van der Waals surface area (Å²) < 4.78 is 0. The fourth-order valence-electron chi connectivity index (χ4n) is 6.87. The van der Waals surface area contributed by atoms with Crippen molar-refractivity contribution < 1.29 is 20.1 Å². The molecule has 282 valence electrons. The van der Waals surface area contributed by atoms with Crippen LogP contribution in [0.2, 0.25) is 0 Å². The maximum Gasteiger partial charge on any atom is 0.220 e. The summed E-state index contributed by atoms with van der Waals surface area (Å²) in [5.74, 6) is -0.140. The second-order valence-electron chi connectivity index (χ2n) is 14.9. The van der Waals surface area contributed by atoms with Gasteiger partial charge < -0.3 is 20.6 Å². The van der Waals surface area contributed by atoms with Crippen molar-refractivity contribution in [3.05, 3.63) is 0 Å². The van der Waals surface area contributed by atoms with Gasteiger partial charge in [-0.25, -0.2) is 0 Å². The molecule has 0 aliphatic carbocycles. The highest BCUT2D eigenvalue weighted by atomic mass is 16.3. The maximum atomic E-state index is 12.4. The van der Waals surface area contributed by atoms with Gasteiger partial charge in [-0.2, -0.15) is 0 Å². The molecule has 0 saturated heterocycles. The highest BCUT2D eigenvalue weighted by molar-refractivity contribution is 5.76. The minimum atomic E-state index is -1.13. The number of carbonyl (C=O) groups is 1. The molecule has 5 heteroatoms. The summed E-state index contributed by atoms with van der Waals surface area (Å²) in [5.41, 5.74) is 0. The third-order valence-corrected chi connectivity index (χ3v) is 10.2. The SMILES string of the molecule is CCCCCCCCCCCCCCCCCCCC(=O)NC(CO)C(O)C(O)CCCCCCCCCCCCCCCCCC. The van der Waals surface area contributed by atoms with E-state index in [2.05, 4.69) is 19.2 Å². The second kappa shape index (κ2) is 38.2. The van der Waals surface area contributed by atoms with Crippen molar-refractivity contribution >= 4 is 5.91 Å². The lowest BCUT2D eigenvalue weighted by atomic mass is 9.99. The Morgan fingerprint density at radius 2 is 0.723 bits per heavy atom. The number of nitrogens with one attached hydrogen (secondary N) is 1. The number of unbranched alkanes of at least 4 members (excludes halogenated alkanes) is 31. The molecule has 0 aliphatic heterocycles.